The lowest BCUT2D eigenvalue weighted by atomic mass is 9.94. The molecule has 5 heteroatoms. The monoisotopic (exact) mass is 224 g/mol. The van der Waals surface area contributed by atoms with E-state index in [0.29, 0.717) is 12.5 Å². The third-order valence-electron chi connectivity index (χ3n) is 3.14. The number of nitrogens with zero attached hydrogens (tertiary/aromatic N) is 3. The standard InChI is InChI=1S/C11H20N4O/c1-2-15-11(9-4-7-16-8-5-9)10(3-6-12)13-14-15/h9H,2-8,12H2,1H3. The van der Waals surface area contributed by atoms with E-state index in [2.05, 4.69) is 17.2 Å². The molecule has 0 aromatic carbocycles. The Morgan fingerprint density at radius 1 is 1.44 bits per heavy atom. The van der Waals surface area contributed by atoms with Gasteiger partial charge in [0.2, 0.25) is 0 Å². The van der Waals surface area contributed by atoms with Gasteiger partial charge in [0.05, 0.1) is 11.4 Å². The zero-order valence-electron chi connectivity index (χ0n) is 9.85. The molecule has 2 N–H and O–H groups in total. The highest BCUT2D eigenvalue weighted by Crippen LogP contribution is 2.28. The first-order valence-corrected chi connectivity index (χ1v) is 6.06. The Balaban J connectivity index is 2.23. The van der Waals surface area contributed by atoms with E-state index in [1.54, 1.807) is 0 Å². The van der Waals surface area contributed by atoms with Gasteiger partial charge >= 0.3 is 0 Å². The molecule has 0 bridgehead atoms. The van der Waals surface area contributed by atoms with Gasteiger partial charge in [-0.05, 0) is 26.3 Å². The lowest BCUT2D eigenvalue weighted by Gasteiger charge is -2.23. The third kappa shape index (κ3) is 2.25. The minimum atomic E-state index is 0.547. The van der Waals surface area contributed by atoms with Gasteiger partial charge in [0.1, 0.15) is 0 Å². The molecule has 2 heterocycles. The van der Waals surface area contributed by atoms with Gasteiger partial charge in [-0.1, -0.05) is 5.21 Å². The van der Waals surface area contributed by atoms with Gasteiger partial charge in [-0.3, -0.25) is 0 Å². The van der Waals surface area contributed by atoms with Crippen molar-refractivity contribution >= 4 is 0 Å². The summed E-state index contributed by atoms with van der Waals surface area (Å²) >= 11 is 0. The molecule has 16 heavy (non-hydrogen) atoms. The second kappa shape index (κ2) is 5.41. The molecular weight excluding hydrogens is 204 g/mol. The van der Waals surface area contributed by atoms with E-state index in [-0.39, 0.29) is 0 Å². The summed E-state index contributed by atoms with van der Waals surface area (Å²) < 4.78 is 7.41. The summed E-state index contributed by atoms with van der Waals surface area (Å²) in [6.07, 6.45) is 2.97. The number of nitrogens with two attached hydrogens (primary N) is 1. The Bertz CT molecular complexity index is 331. The van der Waals surface area contributed by atoms with Crippen molar-refractivity contribution in [3.8, 4) is 0 Å². The van der Waals surface area contributed by atoms with Crippen LogP contribution >= 0.6 is 0 Å². The van der Waals surface area contributed by atoms with E-state index in [0.717, 1.165) is 44.7 Å². The predicted molar refractivity (Wildman–Crippen MR) is 61.2 cm³/mol. The highest BCUT2D eigenvalue weighted by atomic mass is 16.5. The normalized spacial score (nSPS) is 17.9. The average molecular weight is 224 g/mol. The molecule has 1 fully saturated rings. The first kappa shape index (κ1) is 11.5. The van der Waals surface area contributed by atoms with E-state index in [1.807, 2.05) is 4.68 Å². The van der Waals surface area contributed by atoms with Crippen LogP contribution in [0.5, 0.6) is 0 Å². The van der Waals surface area contributed by atoms with Crippen LogP contribution in [0.15, 0.2) is 0 Å². The maximum Gasteiger partial charge on any atom is 0.0874 e. The van der Waals surface area contributed by atoms with Gasteiger partial charge in [-0.15, -0.1) is 5.10 Å². The smallest absolute Gasteiger partial charge is 0.0874 e. The van der Waals surface area contributed by atoms with E-state index < -0.39 is 0 Å². The van der Waals surface area contributed by atoms with Crippen LogP contribution in [0.4, 0.5) is 0 Å². The summed E-state index contributed by atoms with van der Waals surface area (Å²) in [7, 11) is 0. The molecule has 0 unspecified atom stereocenters. The lowest BCUT2D eigenvalue weighted by Crippen LogP contribution is -2.19. The first-order valence-electron chi connectivity index (χ1n) is 6.06. The molecule has 0 aliphatic carbocycles. The van der Waals surface area contributed by atoms with E-state index in [1.165, 1.54) is 5.69 Å². The summed E-state index contributed by atoms with van der Waals surface area (Å²) in [4.78, 5) is 0. The van der Waals surface area contributed by atoms with E-state index in [9.17, 15) is 0 Å². The van der Waals surface area contributed by atoms with Crippen molar-refractivity contribution in [3.63, 3.8) is 0 Å². The Morgan fingerprint density at radius 2 is 2.19 bits per heavy atom. The van der Waals surface area contributed by atoms with Crippen LogP contribution in [0, 0.1) is 0 Å². The minimum absolute atomic E-state index is 0.547. The van der Waals surface area contributed by atoms with Crippen LogP contribution in [0.3, 0.4) is 0 Å². The SMILES string of the molecule is CCn1nnc(CCN)c1C1CCOCC1. The molecule has 90 valence electrons. The Morgan fingerprint density at radius 3 is 2.81 bits per heavy atom. The fraction of sp³-hybridized carbons (Fsp3) is 0.818. The number of ether oxygens (including phenoxy) is 1. The van der Waals surface area contributed by atoms with Gasteiger partial charge < -0.3 is 10.5 Å². The predicted octanol–water partition coefficient (Wildman–Crippen LogP) is 0.693. The highest BCUT2D eigenvalue weighted by Gasteiger charge is 2.23. The van der Waals surface area contributed by atoms with Crippen molar-refractivity contribution in [2.45, 2.75) is 38.6 Å². The Kier molecular flexibility index (Phi) is 3.90. The third-order valence-corrected chi connectivity index (χ3v) is 3.14. The molecule has 0 amide bonds. The number of hydrogen-bond acceptors (Lipinski definition) is 4. The van der Waals surface area contributed by atoms with Crippen LogP contribution in [0.2, 0.25) is 0 Å². The maximum absolute atomic E-state index is 5.61. The maximum atomic E-state index is 5.61. The topological polar surface area (TPSA) is 66.0 Å². The zero-order valence-corrected chi connectivity index (χ0v) is 9.85. The fourth-order valence-electron chi connectivity index (χ4n) is 2.32. The summed E-state index contributed by atoms with van der Waals surface area (Å²) in [5.41, 5.74) is 7.98. The fourth-order valence-corrected chi connectivity index (χ4v) is 2.32. The van der Waals surface area contributed by atoms with Gasteiger partial charge in [0.15, 0.2) is 0 Å². The van der Waals surface area contributed by atoms with Gasteiger partial charge in [-0.25, -0.2) is 4.68 Å². The van der Waals surface area contributed by atoms with Crippen LogP contribution < -0.4 is 5.73 Å². The van der Waals surface area contributed by atoms with Crippen LogP contribution in [-0.4, -0.2) is 34.8 Å². The molecule has 0 saturated carbocycles. The first-order chi connectivity index (χ1) is 7.86. The minimum Gasteiger partial charge on any atom is -0.381 e. The van der Waals surface area contributed by atoms with Crippen molar-refractivity contribution in [1.29, 1.82) is 0 Å². The molecular formula is C11H20N4O. The van der Waals surface area contributed by atoms with Gasteiger partial charge in [0.25, 0.3) is 0 Å². The van der Waals surface area contributed by atoms with Crippen LogP contribution in [0.1, 0.15) is 37.1 Å². The molecule has 2 rings (SSSR count). The van der Waals surface area contributed by atoms with Crippen molar-refractivity contribution < 1.29 is 4.74 Å². The summed E-state index contributed by atoms with van der Waals surface area (Å²) in [6, 6.07) is 0. The van der Waals surface area contributed by atoms with Crippen molar-refractivity contribution in [3.05, 3.63) is 11.4 Å². The largest absolute Gasteiger partial charge is 0.381 e. The summed E-state index contributed by atoms with van der Waals surface area (Å²) in [5.74, 6) is 0.547. The van der Waals surface area contributed by atoms with E-state index in [4.69, 9.17) is 10.5 Å². The van der Waals surface area contributed by atoms with E-state index >= 15 is 0 Å². The zero-order chi connectivity index (χ0) is 11.4. The van der Waals surface area contributed by atoms with Crippen molar-refractivity contribution in [1.82, 2.24) is 15.0 Å². The van der Waals surface area contributed by atoms with Gasteiger partial charge in [0, 0.05) is 32.1 Å². The van der Waals surface area contributed by atoms with Crippen LogP contribution in [-0.2, 0) is 17.7 Å². The number of rotatable bonds is 4. The Labute approximate surface area is 96.0 Å². The molecule has 0 spiro atoms. The van der Waals surface area contributed by atoms with Crippen molar-refractivity contribution in [2.75, 3.05) is 19.8 Å². The highest BCUT2D eigenvalue weighted by molar-refractivity contribution is 5.16. The van der Waals surface area contributed by atoms with Crippen molar-refractivity contribution in [2.24, 2.45) is 5.73 Å². The Hall–Kier alpha value is -0.940. The van der Waals surface area contributed by atoms with Crippen LogP contribution in [0.25, 0.3) is 0 Å². The summed E-state index contributed by atoms with van der Waals surface area (Å²) in [6.45, 7) is 5.32. The number of hydrogen-bond donors (Lipinski definition) is 1. The molecule has 0 radical (unpaired) electrons. The lowest BCUT2D eigenvalue weighted by molar-refractivity contribution is 0.0833. The molecule has 5 nitrogen and oxygen atoms in total. The molecule has 1 saturated heterocycles. The molecule has 1 aromatic heterocycles. The number of aromatic nitrogens is 3. The quantitative estimate of drug-likeness (QED) is 0.817. The molecule has 1 aliphatic heterocycles. The number of aryl methyl sites for hydroxylation is 1. The second-order valence-corrected chi connectivity index (χ2v) is 4.16. The molecule has 1 aliphatic rings. The second-order valence-electron chi connectivity index (χ2n) is 4.16. The molecule has 0 atom stereocenters. The summed E-state index contributed by atoms with van der Waals surface area (Å²) in [5, 5.41) is 8.44. The average Bonchev–Trinajstić information content (AvgIpc) is 2.74. The van der Waals surface area contributed by atoms with Gasteiger partial charge in [-0.2, -0.15) is 0 Å². The molecule has 1 aromatic rings.